The van der Waals surface area contributed by atoms with Crippen molar-refractivity contribution in [1.29, 1.82) is 0 Å². The zero-order valence-corrected chi connectivity index (χ0v) is 17.7. The third-order valence-corrected chi connectivity index (χ3v) is 6.35. The van der Waals surface area contributed by atoms with E-state index in [1.807, 2.05) is 65.9 Å². The van der Waals surface area contributed by atoms with Gasteiger partial charge in [0.2, 0.25) is 0 Å². The molecule has 0 radical (unpaired) electrons. The van der Waals surface area contributed by atoms with Crippen LogP contribution in [0.5, 0.6) is 11.5 Å². The summed E-state index contributed by atoms with van der Waals surface area (Å²) < 4.78 is 5.87. The van der Waals surface area contributed by atoms with Crippen LogP contribution in [0.3, 0.4) is 0 Å². The number of rotatable bonds is 4. The fourth-order valence-corrected chi connectivity index (χ4v) is 5.09. The minimum atomic E-state index is 0. The Labute approximate surface area is 180 Å². The summed E-state index contributed by atoms with van der Waals surface area (Å²) in [7, 11) is 0. The molecule has 2 aromatic heterocycles. The molecule has 29 heavy (non-hydrogen) atoms. The Balaban J connectivity index is 0.00000205. The number of para-hydroxylation sites is 1. The van der Waals surface area contributed by atoms with Gasteiger partial charge in [0.1, 0.15) is 28.5 Å². The Kier molecular flexibility index (Phi) is 5.69. The quantitative estimate of drug-likeness (QED) is 0.393. The zero-order valence-electron chi connectivity index (χ0n) is 16.1. The van der Waals surface area contributed by atoms with E-state index in [2.05, 4.69) is 22.2 Å². The van der Waals surface area contributed by atoms with Gasteiger partial charge in [-0.15, -0.1) is 23.7 Å². The van der Waals surface area contributed by atoms with Crippen LogP contribution in [0.2, 0.25) is 0 Å². The molecular weight excluding hydrogens is 402 g/mol. The predicted molar refractivity (Wildman–Crippen MR) is 122 cm³/mol. The second-order valence-electron chi connectivity index (χ2n) is 7.32. The summed E-state index contributed by atoms with van der Waals surface area (Å²) in [6.07, 6.45) is 5.16. The summed E-state index contributed by atoms with van der Waals surface area (Å²) in [4.78, 5) is 11.6. The van der Waals surface area contributed by atoms with Crippen LogP contribution in [0, 0.1) is 5.92 Å². The van der Waals surface area contributed by atoms with E-state index in [0.717, 1.165) is 46.6 Å². The summed E-state index contributed by atoms with van der Waals surface area (Å²) in [5, 5.41) is 4.68. The summed E-state index contributed by atoms with van der Waals surface area (Å²) in [5.74, 6) is 3.29. The molecule has 4 nitrogen and oxygen atoms in total. The van der Waals surface area contributed by atoms with Gasteiger partial charge in [0.15, 0.2) is 0 Å². The van der Waals surface area contributed by atoms with Gasteiger partial charge in [-0.05, 0) is 67.1 Å². The highest BCUT2D eigenvalue weighted by atomic mass is 35.5. The van der Waals surface area contributed by atoms with Crippen LogP contribution in [0.4, 0.5) is 11.5 Å². The minimum Gasteiger partial charge on any atom is -0.457 e. The van der Waals surface area contributed by atoms with Gasteiger partial charge in [0, 0.05) is 10.6 Å². The van der Waals surface area contributed by atoms with Gasteiger partial charge in [-0.2, -0.15) is 0 Å². The van der Waals surface area contributed by atoms with Gasteiger partial charge in [-0.3, -0.25) is 0 Å². The van der Waals surface area contributed by atoms with Gasteiger partial charge in [-0.1, -0.05) is 25.1 Å². The van der Waals surface area contributed by atoms with Crippen molar-refractivity contribution in [2.75, 3.05) is 5.32 Å². The number of benzene rings is 2. The topological polar surface area (TPSA) is 47.0 Å². The number of aromatic nitrogens is 2. The average molecular weight is 424 g/mol. The molecule has 5 rings (SSSR count). The van der Waals surface area contributed by atoms with Crippen LogP contribution in [0.1, 0.15) is 23.8 Å². The number of thiophene rings is 1. The minimum absolute atomic E-state index is 0. The molecule has 0 bridgehead atoms. The first kappa shape index (κ1) is 19.7. The first-order chi connectivity index (χ1) is 13.8. The fourth-order valence-electron chi connectivity index (χ4n) is 3.74. The molecule has 0 spiro atoms. The van der Waals surface area contributed by atoms with Gasteiger partial charge in [-0.25, -0.2) is 9.97 Å². The maximum atomic E-state index is 5.87. The molecule has 0 amide bonds. The first-order valence-electron chi connectivity index (χ1n) is 9.61. The summed E-state index contributed by atoms with van der Waals surface area (Å²) in [6.45, 7) is 2.33. The highest BCUT2D eigenvalue weighted by Crippen LogP contribution is 2.40. The van der Waals surface area contributed by atoms with Gasteiger partial charge >= 0.3 is 0 Å². The first-order valence-corrected chi connectivity index (χ1v) is 10.4. The normalized spacial score (nSPS) is 15.4. The lowest BCUT2D eigenvalue weighted by Gasteiger charge is -2.18. The maximum Gasteiger partial charge on any atom is 0.142 e. The lowest BCUT2D eigenvalue weighted by molar-refractivity contribution is 0.483. The van der Waals surface area contributed by atoms with Crippen molar-refractivity contribution in [3.63, 3.8) is 0 Å². The van der Waals surface area contributed by atoms with Crippen molar-refractivity contribution in [2.24, 2.45) is 5.92 Å². The number of nitrogens with zero attached hydrogens (tertiary/aromatic N) is 2. The van der Waals surface area contributed by atoms with Crippen molar-refractivity contribution in [1.82, 2.24) is 9.97 Å². The van der Waals surface area contributed by atoms with Crippen molar-refractivity contribution in [3.8, 4) is 11.5 Å². The smallest absolute Gasteiger partial charge is 0.142 e. The SMILES string of the molecule is CC1CCc2c(sc3ncnc(Nc4ccc(Oc5ccccc5)cc4)c23)C1.Cl. The number of ether oxygens (including phenoxy) is 1. The highest BCUT2D eigenvalue weighted by Gasteiger charge is 2.23. The van der Waals surface area contributed by atoms with Crippen LogP contribution in [0.15, 0.2) is 60.9 Å². The van der Waals surface area contributed by atoms with Crippen molar-refractivity contribution < 1.29 is 4.74 Å². The Morgan fingerprint density at radius 1 is 1.00 bits per heavy atom. The van der Waals surface area contributed by atoms with Crippen molar-refractivity contribution in [2.45, 2.75) is 26.2 Å². The molecule has 1 aliphatic carbocycles. The molecule has 0 fully saturated rings. The van der Waals surface area contributed by atoms with E-state index in [1.54, 1.807) is 6.33 Å². The molecule has 0 saturated carbocycles. The lowest BCUT2D eigenvalue weighted by atomic mass is 9.89. The highest BCUT2D eigenvalue weighted by molar-refractivity contribution is 7.19. The zero-order chi connectivity index (χ0) is 18.9. The molecule has 2 aromatic carbocycles. The third-order valence-electron chi connectivity index (χ3n) is 5.19. The van der Waals surface area contributed by atoms with Crippen molar-refractivity contribution in [3.05, 3.63) is 71.4 Å². The molecule has 1 atom stereocenters. The molecule has 4 aromatic rings. The molecular formula is C23H22ClN3OS. The number of hydrogen-bond acceptors (Lipinski definition) is 5. The Morgan fingerprint density at radius 3 is 2.55 bits per heavy atom. The van der Waals surface area contributed by atoms with Crippen LogP contribution in [0.25, 0.3) is 10.2 Å². The summed E-state index contributed by atoms with van der Waals surface area (Å²) >= 11 is 1.82. The van der Waals surface area contributed by atoms with E-state index in [-0.39, 0.29) is 12.4 Å². The Morgan fingerprint density at radius 2 is 1.76 bits per heavy atom. The van der Waals surface area contributed by atoms with Gasteiger partial charge < -0.3 is 10.1 Å². The Bertz CT molecular complexity index is 1110. The number of halogens is 1. The largest absolute Gasteiger partial charge is 0.457 e. The fraction of sp³-hybridized carbons (Fsp3) is 0.217. The molecule has 0 aliphatic heterocycles. The van der Waals surface area contributed by atoms with Crippen LogP contribution >= 0.6 is 23.7 Å². The number of nitrogens with one attached hydrogen (secondary N) is 1. The number of aryl methyl sites for hydroxylation is 1. The second-order valence-corrected chi connectivity index (χ2v) is 8.40. The molecule has 0 saturated heterocycles. The van der Waals surface area contributed by atoms with E-state index in [9.17, 15) is 0 Å². The average Bonchev–Trinajstić information content (AvgIpc) is 3.08. The molecule has 1 aliphatic rings. The molecule has 1 N–H and O–H groups in total. The lowest BCUT2D eigenvalue weighted by Crippen LogP contribution is -2.09. The Hall–Kier alpha value is -2.63. The van der Waals surface area contributed by atoms with E-state index < -0.39 is 0 Å². The molecule has 6 heteroatoms. The van der Waals surface area contributed by atoms with Gasteiger partial charge in [0.25, 0.3) is 0 Å². The van der Waals surface area contributed by atoms with Crippen LogP contribution in [-0.2, 0) is 12.8 Å². The van der Waals surface area contributed by atoms with Gasteiger partial charge in [0.05, 0.1) is 5.39 Å². The summed E-state index contributed by atoms with van der Waals surface area (Å²) in [6, 6.07) is 17.8. The van der Waals surface area contributed by atoms with E-state index in [4.69, 9.17) is 4.74 Å². The summed E-state index contributed by atoms with van der Waals surface area (Å²) in [5.41, 5.74) is 2.43. The van der Waals surface area contributed by atoms with Crippen LogP contribution < -0.4 is 10.1 Å². The molecule has 2 heterocycles. The molecule has 1 unspecified atom stereocenters. The van der Waals surface area contributed by atoms with Crippen LogP contribution in [-0.4, -0.2) is 9.97 Å². The number of anilines is 2. The maximum absolute atomic E-state index is 5.87. The van der Waals surface area contributed by atoms with E-state index >= 15 is 0 Å². The number of fused-ring (bicyclic) bond motifs is 3. The second kappa shape index (κ2) is 8.39. The monoisotopic (exact) mass is 423 g/mol. The molecule has 148 valence electrons. The third kappa shape index (κ3) is 4.07. The van der Waals surface area contributed by atoms with Crippen molar-refractivity contribution >= 4 is 45.5 Å². The standard InChI is InChI=1S/C23H21N3OS.ClH/c1-15-7-12-19-20(13-15)28-23-21(19)22(24-14-25-23)26-16-8-10-18(11-9-16)27-17-5-3-2-4-6-17;/h2-6,8-11,14-15H,7,12-13H2,1H3,(H,24,25,26);1H. The predicted octanol–water partition coefficient (Wildman–Crippen LogP) is 6.77. The number of hydrogen-bond donors (Lipinski definition) is 1. The van der Waals surface area contributed by atoms with E-state index in [1.165, 1.54) is 22.2 Å². The van der Waals surface area contributed by atoms with E-state index in [0.29, 0.717) is 0 Å².